The second-order valence-corrected chi connectivity index (χ2v) is 8.78. The third-order valence-electron chi connectivity index (χ3n) is 4.76. The summed E-state index contributed by atoms with van der Waals surface area (Å²) in [5.74, 6) is -2.43. The predicted octanol–water partition coefficient (Wildman–Crippen LogP) is 4.28. The van der Waals surface area contributed by atoms with Crippen LogP contribution >= 0.6 is 11.3 Å². The van der Waals surface area contributed by atoms with Crippen molar-refractivity contribution in [3.63, 3.8) is 0 Å². The van der Waals surface area contributed by atoms with Crippen LogP contribution in [0, 0.1) is 24.4 Å². The van der Waals surface area contributed by atoms with Crippen LogP contribution in [0.15, 0.2) is 47.5 Å². The molecule has 0 aliphatic carbocycles. The Kier molecular flexibility index (Phi) is 5.85. The van der Waals surface area contributed by atoms with Crippen LogP contribution in [0.5, 0.6) is 10.8 Å². The molecule has 0 aliphatic rings. The average molecular weight is 476 g/mol. The van der Waals surface area contributed by atoms with E-state index in [-0.39, 0.29) is 23.5 Å². The summed E-state index contributed by atoms with van der Waals surface area (Å²) < 4.78 is 50.1. The van der Waals surface area contributed by atoms with Crippen LogP contribution in [0.4, 0.5) is 13.2 Å². The van der Waals surface area contributed by atoms with E-state index in [1.54, 1.807) is 20.8 Å². The Morgan fingerprint density at radius 2 is 1.82 bits per heavy atom. The van der Waals surface area contributed by atoms with E-state index < -0.39 is 28.7 Å². The van der Waals surface area contributed by atoms with Crippen LogP contribution in [0.3, 0.4) is 0 Å². The molecule has 0 saturated heterocycles. The third kappa shape index (κ3) is 4.55. The van der Waals surface area contributed by atoms with Crippen molar-refractivity contribution in [1.82, 2.24) is 19.3 Å². The highest BCUT2D eigenvalue weighted by Gasteiger charge is 2.24. The molecule has 7 nitrogen and oxygen atoms in total. The molecule has 0 saturated carbocycles. The summed E-state index contributed by atoms with van der Waals surface area (Å²) in [6.45, 7) is 4.48. The molecule has 1 N–H and O–H groups in total. The second kappa shape index (κ2) is 8.49. The Bertz CT molecular complexity index is 1370. The summed E-state index contributed by atoms with van der Waals surface area (Å²) in [6.07, 6.45) is 1.12. The van der Waals surface area contributed by atoms with Crippen LogP contribution in [0.25, 0.3) is 5.69 Å². The number of halogens is 3. The molecule has 33 heavy (non-hydrogen) atoms. The van der Waals surface area contributed by atoms with Gasteiger partial charge in [-0.2, -0.15) is 9.78 Å². The van der Waals surface area contributed by atoms with Crippen molar-refractivity contribution < 1.29 is 23.0 Å². The highest BCUT2D eigenvalue weighted by atomic mass is 32.1. The van der Waals surface area contributed by atoms with Gasteiger partial charge in [-0.25, -0.2) is 22.9 Å². The topological polar surface area (TPSA) is 82.2 Å². The minimum atomic E-state index is -1.16. The summed E-state index contributed by atoms with van der Waals surface area (Å²) in [5, 5.41) is 14.8. The molecule has 0 fully saturated rings. The largest absolute Gasteiger partial charge is 0.442 e. The number of thiazole rings is 1. The van der Waals surface area contributed by atoms with Gasteiger partial charge in [-0.1, -0.05) is 17.4 Å². The van der Waals surface area contributed by atoms with Gasteiger partial charge in [-0.3, -0.25) is 4.57 Å². The van der Waals surface area contributed by atoms with Gasteiger partial charge in [0, 0.05) is 11.6 Å². The third-order valence-corrected chi connectivity index (χ3v) is 6.11. The molecule has 172 valence electrons. The molecule has 0 atom stereocenters. The lowest BCUT2D eigenvalue weighted by Gasteiger charge is -2.12. The fourth-order valence-electron chi connectivity index (χ4n) is 3.02. The minimum absolute atomic E-state index is 0.103. The van der Waals surface area contributed by atoms with Crippen LogP contribution in [0.1, 0.15) is 30.1 Å². The Morgan fingerprint density at radius 3 is 2.42 bits per heavy atom. The average Bonchev–Trinajstić information content (AvgIpc) is 3.29. The van der Waals surface area contributed by atoms with E-state index in [1.165, 1.54) is 18.2 Å². The van der Waals surface area contributed by atoms with E-state index in [1.807, 2.05) is 0 Å². The lowest BCUT2D eigenvalue weighted by Crippen LogP contribution is -2.24. The molecule has 2 heterocycles. The first-order valence-corrected chi connectivity index (χ1v) is 10.6. The summed E-state index contributed by atoms with van der Waals surface area (Å²) in [6, 6.07) is 7.23. The first kappa shape index (κ1) is 22.7. The fraction of sp³-hybridized carbons (Fsp3) is 0.227. The van der Waals surface area contributed by atoms with Gasteiger partial charge >= 0.3 is 5.69 Å². The molecule has 0 aliphatic heterocycles. The maximum absolute atomic E-state index is 14.7. The van der Waals surface area contributed by atoms with Crippen LogP contribution < -0.4 is 10.4 Å². The Balaban J connectivity index is 1.59. The highest BCUT2D eigenvalue weighted by Crippen LogP contribution is 2.36. The number of hydrogen-bond donors (Lipinski definition) is 1. The molecular formula is C22H19F3N4O3S. The zero-order valence-electron chi connectivity index (χ0n) is 17.8. The smallest absolute Gasteiger partial charge is 0.350 e. The Labute approximate surface area is 190 Å². The van der Waals surface area contributed by atoms with Gasteiger partial charge in [-0.05, 0) is 45.0 Å². The maximum Gasteiger partial charge on any atom is 0.350 e. The van der Waals surface area contributed by atoms with E-state index in [0.29, 0.717) is 15.8 Å². The molecule has 0 bridgehead atoms. The SMILES string of the molecule is Cc1nc(C(C)(C)O)sc1Oc1ccc(-n2ncn(Cc3c(F)cccc3F)c2=O)cc1F. The number of aromatic nitrogens is 4. The van der Waals surface area contributed by atoms with E-state index in [2.05, 4.69) is 10.1 Å². The van der Waals surface area contributed by atoms with Gasteiger partial charge in [0.1, 0.15) is 28.6 Å². The molecule has 4 aromatic rings. The van der Waals surface area contributed by atoms with Crippen molar-refractivity contribution in [3.8, 4) is 16.5 Å². The zero-order valence-corrected chi connectivity index (χ0v) is 18.7. The van der Waals surface area contributed by atoms with Crippen molar-refractivity contribution >= 4 is 11.3 Å². The minimum Gasteiger partial charge on any atom is -0.442 e. The highest BCUT2D eigenvalue weighted by molar-refractivity contribution is 7.13. The molecular weight excluding hydrogens is 457 g/mol. The summed E-state index contributed by atoms with van der Waals surface area (Å²) in [4.78, 5) is 16.9. The standard InChI is InChI=1S/C22H19F3N4O3S/c1-12-19(33-20(27-12)22(2,3)31)32-18-8-7-13(9-17(18)25)29-21(30)28(11-26-29)10-14-15(23)5-4-6-16(14)24/h4-9,11,31H,10H2,1-3H3. The van der Waals surface area contributed by atoms with E-state index in [9.17, 15) is 23.1 Å². The molecule has 2 aromatic heterocycles. The Hall–Kier alpha value is -3.44. The van der Waals surface area contributed by atoms with Crippen molar-refractivity contribution in [3.05, 3.63) is 86.9 Å². The molecule has 0 spiro atoms. The fourth-order valence-corrected chi connectivity index (χ4v) is 3.95. The monoisotopic (exact) mass is 476 g/mol. The molecule has 0 amide bonds. The van der Waals surface area contributed by atoms with Crippen molar-refractivity contribution in [1.29, 1.82) is 0 Å². The second-order valence-electron chi connectivity index (χ2n) is 7.82. The van der Waals surface area contributed by atoms with E-state index in [0.717, 1.165) is 45.1 Å². The van der Waals surface area contributed by atoms with Gasteiger partial charge in [0.05, 0.1) is 17.9 Å². The normalized spacial score (nSPS) is 11.7. The summed E-state index contributed by atoms with van der Waals surface area (Å²) in [7, 11) is 0. The Morgan fingerprint density at radius 1 is 1.12 bits per heavy atom. The van der Waals surface area contributed by atoms with Gasteiger partial charge in [-0.15, -0.1) is 0 Å². The van der Waals surface area contributed by atoms with Crippen molar-refractivity contribution in [2.75, 3.05) is 0 Å². The van der Waals surface area contributed by atoms with E-state index in [4.69, 9.17) is 4.74 Å². The lowest BCUT2D eigenvalue weighted by molar-refractivity contribution is 0.0781. The van der Waals surface area contributed by atoms with E-state index >= 15 is 0 Å². The van der Waals surface area contributed by atoms with Crippen LogP contribution in [0.2, 0.25) is 0 Å². The number of aryl methyl sites for hydroxylation is 1. The van der Waals surface area contributed by atoms with Crippen molar-refractivity contribution in [2.24, 2.45) is 0 Å². The van der Waals surface area contributed by atoms with Gasteiger partial charge in [0.2, 0.25) is 5.06 Å². The molecule has 0 unspecified atom stereocenters. The van der Waals surface area contributed by atoms with Gasteiger partial charge in [0.15, 0.2) is 11.6 Å². The molecule has 0 radical (unpaired) electrons. The lowest BCUT2D eigenvalue weighted by atomic mass is 10.2. The summed E-state index contributed by atoms with van der Waals surface area (Å²) in [5.41, 5.74) is -1.53. The number of hydrogen-bond acceptors (Lipinski definition) is 6. The number of rotatable bonds is 6. The summed E-state index contributed by atoms with van der Waals surface area (Å²) >= 11 is 1.10. The quantitative estimate of drug-likeness (QED) is 0.449. The molecule has 2 aromatic carbocycles. The van der Waals surface area contributed by atoms with Crippen molar-refractivity contribution in [2.45, 2.75) is 32.9 Å². The predicted molar refractivity (Wildman–Crippen MR) is 115 cm³/mol. The van der Waals surface area contributed by atoms with Gasteiger partial charge in [0.25, 0.3) is 0 Å². The first-order chi connectivity index (χ1) is 15.5. The zero-order chi connectivity index (χ0) is 23.9. The maximum atomic E-state index is 14.7. The molecule has 11 heteroatoms. The van der Waals surface area contributed by atoms with Crippen LogP contribution in [-0.2, 0) is 12.1 Å². The van der Waals surface area contributed by atoms with Crippen LogP contribution in [-0.4, -0.2) is 24.4 Å². The first-order valence-electron chi connectivity index (χ1n) is 9.80. The number of aliphatic hydroxyl groups is 1. The number of ether oxygens (including phenoxy) is 1. The number of benzene rings is 2. The number of nitrogens with zero attached hydrogens (tertiary/aromatic N) is 4. The van der Waals surface area contributed by atoms with Gasteiger partial charge < -0.3 is 9.84 Å². The molecule has 4 rings (SSSR count).